The van der Waals surface area contributed by atoms with Crippen molar-refractivity contribution < 1.29 is 19.7 Å². The average molecular weight is 274 g/mol. The van der Waals surface area contributed by atoms with E-state index in [0.717, 1.165) is 0 Å². The van der Waals surface area contributed by atoms with Crippen molar-refractivity contribution in [1.82, 2.24) is 0 Å². The summed E-state index contributed by atoms with van der Waals surface area (Å²) in [5, 5.41) is 18.5. The highest BCUT2D eigenvalue weighted by molar-refractivity contribution is 14.1. The van der Waals surface area contributed by atoms with Crippen LogP contribution in [0.5, 0.6) is 0 Å². The third kappa shape index (κ3) is 2.03. The molecule has 0 aromatic rings. The summed E-state index contributed by atoms with van der Waals surface area (Å²) in [4.78, 5) is 0. The fraction of sp³-hybridized carbons (Fsp3) is 1.00. The molecule has 1 rings (SSSR count). The fourth-order valence-corrected chi connectivity index (χ4v) is 1.94. The number of halogens is 1. The topological polar surface area (TPSA) is 58.9 Å². The zero-order valence-electron chi connectivity index (χ0n) is 6.11. The molecule has 0 amide bonds. The lowest BCUT2D eigenvalue weighted by Gasteiger charge is -2.33. The second-order valence-corrected chi connectivity index (χ2v) is 3.88. The van der Waals surface area contributed by atoms with Gasteiger partial charge in [0.1, 0.15) is 6.10 Å². The van der Waals surface area contributed by atoms with Crippen LogP contribution in [-0.4, -0.2) is 46.4 Å². The van der Waals surface area contributed by atoms with Gasteiger partial charge in [0.05, 0.1) is 16.6 Å². The van der Waals surface area contributed by atoms with Crippen LogP contribution in [0.25, 0.3) is 0 Å². The maximum atomic E-state index is 9.33. The van der Waals surface area contributed by atoms with E-state index in [-0.39, 0.29) is 10.5 Å². The SMILES string of the molecule is COC1OCC(O)C(O)C1I. The summed E-state index contributed by atoms with van der Waals surface area (Å²) >= 11 is 2.00. The molecule has 0 bridgehead atoms. The molecule has 1 fully saturated rings. The molecule has 0 radical (unpaired) electrons. The third-order valence-corrected chi connectivity index (χ3v) is 2.97. The van der Waals surface area contributed by atoms with Crippen molar-refractivity contribution in [2.45, 2.75) is 22.4 Å². The van der Waals surface area contributed by atoms with Crippen molar-refractivity contribution >= 4 is 22.6 Å². The smallest absolute Gasteiger partial charge is 0.171 e. The van der Waals surface area contributed by atoms with Crippen LogP contribution in [0.1, 0.15) is 0 Å². The van der Waals surface area contributed by atoms with E-state index in [1.165, 1.54) is 7.11 Å². The molecular weight excluding hydrogens is 263 g/mol. The highest BCUT2D eigenvalue weighted by Gasteiger charge is 2.36. The minimum atomic E-state index is -0.789. The maximum Gasteiger partial charge on any atom is 0.171 e. The van der Waals surface area contributed by atoms with Crippen LogP contribution < -0.4 is 0 Å². The zero-order valence-corrected chi connectivity index (χ0v) is 8.26. The van der Waals surface area contributed by atoms with Gasteiger partial charge in [0.2, 0.25) is 0 Å². The van der Waals surface area contributed by atoms with E-state index in [1.807, 2.05) is 22.6 Å². The molecular formula is C6H11IO4. The maximum absolute atomic E-state index is 9.33. The molecule has 66 valence electrons. The van der Waals surface area contributed by atoms with Crippen LogP contribution in [0.15, 0.2) is 0 Å². The molecule has 0 aromatic heterocycles. The van der Waals surface area contributed by atoms with E-state index in [9.17, 15) is 5.11 Å². The summed E-state index contributed by atoms with van der Waals surface area (Å²) in [6.45, 7) is 0.138. The van der Waals surface area contributed by atoms with E-state index < -0.39 is 18.5 Å². The van der Waals surface area contributed by atoms with Crippen molar-refractivity contribution in [2.75, 3.05) is 13.7 Å². The van der Waals surface area contributed by atoms with Crippen molar-refractivity contribution in [2.24, 2.45) is 0 Å². The van der Waals surface area contributed by atoms with Gasteiger partial charge in [-0.25, -0.2) is 0 Å². The zero-order chi connectivity index (χ0) is 8.43. The van der Waals surface area contributed by atoms with E-state index >= 15 is 0 Å². The van der Waals surface area contributed by atoms with Crippen LogP contribution in [-0.2, 0) is 9.47 Å². The Kier molecular flexibility index (Phi) is 3.51. The Balaban J connectivity index is 2.52. The number of ether oxygens (including phenoxy) is 2. The summed E-state index contributed by atoms with van der Waals surface area (Å²) in [7, 11) is 1.51. The van der Waals surface area contributed by atoms with Gasteiger partial charge in [-0.15, -0.1) is 0 Å². The highest BCUT2D eigenvalue weighted by Crippen LogP contribution is 2.22. The second-order valence-electron chi connectivity index (χ2n) is 2.44. The molecule has 4 atom stereocenters. The van der Waals surface area contributed by atoms with Crippen LogP contribution in [0, 0.1) is 0 Å². The van der Waals surface area contributed by atoms with Gasteiger partial charge < -0.3 is 19.7 Å². The number of alkyl halides is 1. The Morgan fingerprint density at radius 3 is 2.73 bits per heavy atom. The Hall–Kier alpha value is 0.570. The van der Waals surface area contributed by atoms with E-state index in [4.69, 9.17) is 14.6 Å². The van der Waals surface area contributed by atoms with Gasteiger partial charge in [-0.1, -0.05) is 22.6 Å². The lowest BCUT2D eigenvalue weighted by Crippen LogP contribution is -2.50. The van der Waals surface area contributed by atoms with Gasteiger partial charge in [0, 0.05) is 7.11 Å². The number of hydrogen-bond acceptors (Lipinski definition) is 4. The van der Waals surface area contributed by atoms with Gasteiger partial charge in [-0.3, -0.25) is 0 Å². The quantitative estimate of drug-likeness (QED) is 0.500. The highest BCUT2D eigenvalue weighted by atomic mass is 127. The van der Waals surface area contributed by atoms with Crippen LogP contribution in [0.4, 0.5) is 0 Å². The number of aliphatic hydroxyl groups is 2. The molecule has 4 nitrogen and oxygen atoms in total. The largest absolute Gasteiger partial charge is 0.389 e. The molecule has 4 unspecified atom stereocenters. The van der Waals surface area contributed by atoms with Crippen molar-refractivity contribution in [3.8, 4) is 0 Å². The molecule has 1 aliphatic rings. The first-order chi connectivity index (χ1) is 5.16. The summed E-state index contributed by atoms with van der Waals surface area (Å²) in [5.74, 6) is 0. The summed E-state index contributed by atoms with van der Waals surface area (Å²) < 4.78 is 9.80. The van der Waals surface area contributed by atoms with Gasteiger partial charge in [0.15, 0.2) is 6.29 Å². The van der Waals surface area contributed by atoms with Gasteiger partial charge in [-0.2, -0.15) is 0 Å². The number of rotatable bonds is 1. The normalized spacial score (nSPS) is 45.8. The van der Waals surface area contributed by atoms with Crippen molar-refractivity contribution in [1.29, 1.82) is 0 Å². The minimum Gasteiger partial charge on any atom is -0.389 e. The molecule has 5 heteroatoms. The molecule has 2 N–H and O–H groups in total. The molecule has 0 aliphatic carbocycles. The second kappa shape index (κ2) is 3.99. The van der Waals surface area contributed by atoms with E-state index in [0.29, 0.717) is 0 Å². The monoisotopic (exact) mass is 274 g/mol. The lowest BCUT2D eigenvalue weighted by molar-refractivity contribution is -0.197. The first-order valence-corrected chi connectivity index (χ1v) is 4.56. The fourth-order valence-electron chi connectivity index (χ4n) is 0.955. The number of hydrogen-bond donors (Lipinski definition) is 2. The van der Waals surface area contributed by atoms with Crippen LogP contribution in [0.2, 0.25) is 0 Å². The predicted octanol–water partition coefficient (Wildman–Crippen LogP) is -0.486. The Morgan fingerprint density at radius 1 is 1.55 bits per heavy atom. The first kappa shape index (κ1) is 9.66. The average Bonchev–Trinajstić information content (AvgIpc) is 2.01. The predicted molar refractivity (Wildman–Crippen MR) is 46.6 cm³/mol. The molecule has 0 aromatic carbocycles. The number of aliphatic hydroxyl groups excluding tert-OH is 2. The van der Waals surface area contributed by atoms with Crippen molar-refractivity contribution in [3.05, 3.63) is 0 Å². The minimum absolute atomic E-state index is 0.138. The molecule has 1 heterocycles. The Morgan fingerprint density at radius 2 is 2.18 bits per heavy atom. The molecule has 0 spiro atoms. The Bertz CT molecular complexity index is 130. The Labute approximate surface area is 78.6 Å². The molecule has 1 aliphatic heterocycles. The van der Waals surface area contributed by atoms with Crippen LogP contribution >= 0.6 is 22.6 Å². The summed E-state index contributed by atoms with van der Waals surface area (Å²) in [6, 6.07) is 0. The van der Waals surface area contributed by atoms with Gasteiger partial charge in [0.25, 0.3) is 0 Å². The van der Waals surface area contributed by atoms with E-state index in [1.54, 1.807) is 0 Å². The van der Waals surface area contributed by atoms with Gasteiger partial charge >= 0.3 is 0 Å². The summed E-state index contributed by atoms with van der Waals surface area (Å²) in [6.07, 6.45) is -1.95. The van der Waals surface area contributed by atoms with Crippen molar-refractivity contribution in [3.63, 3.8) is 0 Å². The molecule has 0 saturated carbocycles. The lowest BCUT2D eigenvalue weighted by atomic mass is 10.1. The molecule has 1 saturated heterocycles. The first-order valence-electron chi connectivity index (χ1n) is 3.31. The molecule has 11 heavy (non-hydrogen) atoms. The third-order valence-electron chi connectivity index (χ3n) is 1.64. The number of methoxy groups -OCH3 is 1. The standard InChI is InChI=1S/C6H11IO4/c1-10-6-4(7)5(9)3(8)2-11-6/h3-6,8-9H,2H2,1H3. The van der Waals surface area contributed by atoms with Gasteiger partial charge in [-0.05, 0) is 0 Å². The van der Waals surface area contributed by atoms with E-state index in [2.05, 4.69) is 0 Å². The summed E-state index contributed by atoms with van der Waals surface area (Å²) in [5.41, 5.74) is 0. The van der Waals surface area contributed by atoms with Crippen LogP contribution in [0.3, 0.4) is 0 Å².